The molecule has 150 valence electrons. The maximum absolute atomic E-state index is 12.1. The molecule has 0 heterocycles. The zero-order valence-corrected chi connectivity index (χ0v) is 16.4. The number of ether oxygens (including phenoxy) is 2. The van der Waals surface area contributed by atoms with Crippen LogP contribution in [0.1, 0.15) is 12.5 Å². The number of thioether (sulfide) groups is 1. The van der Waals surface area contributed by atoms with Crippen LogP contribution in [0.2, 0.25) is 0 Å². The van der Waals surface area contributed by atoms with Crippen LogP contribution >= 0.6 is 11.8 Å². The van der Waals surface area contributed by atoms with Gasteiger partial charge in [0.1, 0.15) is 5.75 Å². The Balaban J connectivity index is 1.84. The zero-order valence-electron chi connectivity index (χ0n) is 15.6. The molecule has 0 saturated heterocycles. The highest BCUT2D eigenvalue weighted by atomic mass is 32.2. The molecule has 2 amide bonds. The second-order valence-electron chi connectivity index (χ2n) is 5.80. The van der Waals surface area contributed by atoms with E-state index in [-0.39, 0.29) is 5.75 Å². The number of primary amides is 1. The van der Waals surface area contributed by atoms with Gasteiger partial charge in [0.25, 0.3) is 5.91 Å². The molecule has 8 nitrogen and oxygen atoms in total. The first-order valence-electron chi connectivity index (χ1n) is 8.52. The van der Waals surface area contributed by atoms with Crippen LogP contribution in [0.25, 0.3) is 0 Å². The minimum absolute atomic E-state index is 0.0755. The molecule has 0 saturated carbocycles. The van der Waals surface area contributed by atoms with E-state index in [0.717, 1.165) is 0 Å². The SMILES string of the molecule is C[C@H](Oc1ccc(C#N)cc1)C(=O)OCC(=O)Nc1ccccc1SCC(N)=O. The molecular weight excluding hydrogens is 394 g/mol. The molecule has 0 unspecified atom stereocenters. The fourth-order valence-corrected chi connectivity index (χ4v) is 2.89. The van der Waals surface area contributed by atoms with Gasteiger partial charge in [-0.3, -0.25) is 9.59 Å². The van der Waals surface area contributed by atoms with Crippen LogP contribution in [-0.4, -0.2) is 36.2 Å². The molecule has 0 fully saturated rings. The molecule has 29 heavy (non-hydrogen) atoms. The summed E-state index contributed by atoms with van der Waals surface area (Å²) < 4.78 is 10.4. The summed E-state index contributed by atoms with van der Waals surface area (Å²) in [5, 5.41) is 11.4. The van der Waals surface area contributed by atoms with Gasteiger partial charge in [-0.25, -0.2) is 4.79 Å². The summed E-state index contributed by atoms with van der Waals surface area (Å²) in [6, 6.07) is 15.1. The van der Waals surface area contributed by atoms with Crippen LogP contribution in [0, 0.1) is 11.3 Å². The molecule has 0 aliphatic carbocycles. The number of nitrogens with one attached hydrogen (secondary N) is 1. The molecule has 0 spiro atoms. The van der Waals surface area contributed by atoms with E-state index in [0.29, 0.717) is 21.9 Å². The van der Waals surface area contributed by atoms with Gasteiger partial charge in [-0.1, -0.05) is 12.1 Å². The van der Waals surface area contributed by atoms with Crippen molar-refractivity contribution in [2.75, 3.05) is 17.7 Å². The first kappa shape index (κ1) is 21.8. The summed E-state index contributed by atoms with van der Waals surface area (Å²) in [6.07, 6.45) is -0.936. The molecule has 2 rings (SSSR count). The topological polar surface area (TPSA) is 132 Å². The van der Waals surface area contributed by atoms with Crippen LogP contribution in [-0.2, 0) is 19.1 Å². The van der Waals surface area contributed by atoms with Crippen LogP contribution in [0.4, 0.5) is 5.69 Å². The van der Waals surface area contributed by atoms with Gasteiger partial charge >= 0.3 is 5.97 Å². The summed E-state index contributed by atoms with van der Waals surface area (Å²) in [5.74, 6) is -1.23. The monoisotopic (exact) mass is 413 g/mol. The normalized spacial score (nSPS) is 11.0. The highest BCUT2D eigenvalue weighted by Gasteiger charge is 2.18. The van der Waals surface area contributed by atoms with Crippen molar-refractivity contribution in [1.82, 2.24) is 0 Å². The molecule has 3 N–H and O–H groups in total. The van der Waals surface area contributed by atoms with Gasteiger partial charge in [-0.05, 0) is 43.3 Å². The van der Waals surface area contributed by atoms with E-state index in [1.807, 2.05) is 6.07 Å². The minimum Gasteiger partial charge on any atom is -0.479 e. The fraction of sp³-hybridized carbons (Fsp3) is 0.200. The number of para-hydroxylation sites is 1. The molecule has 2 aromatic carbocycles. The number of nitrogens with zero attached hydrogens (tertiary/aromatic N) is 1. The number of hydrogen-bond acceptors (Lipinski definition) is 7. The Morgan fingerprint density at radius 3 is 2.52 bits per heavy atom. The van der Waals surface area contributed by atoms with Gasteiger partial charge in [-0.2, -0.15) is 5.26 Å². The number of anilines is 1. The first-order valence-corrected chi connectivity index (χ1v) is 9.51. The summed E-state index contributed by atoms with van der Waals surface area (Å²) >= 11 is 1.19. The van der Waals surface area contributed by atoms with Crippen molar-refractivity contribution in [2.45, 2.75) is 17.9 Å². The number of hydrogen-bond donors (Lipinski definition) is 2. The van der Waals surface area contributed by atoms with E-state index in [2.05, 4.69) is 5.32 Å². The van der Waals surface area contributed by atoms with Crippen molar-refractivity contribution in [3.8, 4) is 11.8 Å². The summed E-state index contributed by atoms with van der Waals surface area (Å²) in [4.78, 5) is 35.7. The smallest absolute Gasteiger partial charge is 0.347 e. The minimum atomic E-state index is -0.936. The van der Waals surface area contributed by atoms with Gasteiger partial charge < -0.3 is 20.5 Å². The highest BCUT2D eigenvalue weighted by molar-refractivity contribution is 8.00. The molecule has 0 aliphatic heterocycles. The van der Waals surface area contributed by atoms with Crippen LogP contribution in [0.5, 0.6) is 5.75 Å². The second kappa shape index (κ2) is 10.7. The first-order chi connectivity index (χ1) is 13.9. The fourth-order valence-electron chi connectivity index (χ4n) is 2.15. The average Bonchev–Trinajstić information content (AvgIpc) is 2.71. The van der Waals surface area contributed by atoms with E-state index in [9.17, 15) is 14.4 Å². The van der Waals surface area contributed by atoms with Crippen LogP contribution in [0.15, 0.2) is 53.4 Å². The zero-order chi connectivity index (χ0) is 21.2. The number of esters is 1. The summed E-state index contributed by atoms with van der Waals surface area (Å²) in [5.41, 5.74) is 6.10. The van der Waals surface area contributed by atoms with Crippen LogP contribution < -0.4 is 15.8 Å². The Kier molecular flexibility index (Phi) is 8.06. The van der Waals surface area contributed by atoms with Gasteiger partial charge in [0.2, 0.25) is 5.91 Å². The predicted molar refractivity (Wildman–Crippen MR) is 107 cm³/mol. The average molecular weight is 413 g/mol. The standard InChI is InChI=1S/C20H19N3O5S/c1-13(28-15-8-6-14(10-21)7-9-15)20(26)27-11-19(25)23-16-4-2-3-5-17(16)29-12-18(22)24/h2-9,13H,11-12H2,1H3,(H2,22,24)(H,23,25)/t13-/m0/s1. The van der Waals surface area contributed by atoms with E-state index >= 15 is 0 Å². The number of carbonyl (C=O) groups is 3. The molecule has 1 atom stereocenters. The Morgan fingerprint density at radius 1 is 1.17 bits per heavy atom. The Morgan fingerprint density at radius 2 is 1.86 bits per heavy atom. The molecule has 0 radical (unpaired) electrons. The lowest BCUT2D eigenvalue weighted by molar-refractivity contribution is -0.153. The third-order valence-electron chi connectivity index (χ3n) is 3.50. The largest absolute Gasteiger partial charge is 0.479 e. The van der Waals surface area contributed by atoms with E-state index in [1.165, 1.54) is 18.7 Å². The summed E-state index contributed by atoms with van der Waals surface area (Å²) in [7, 11) is 0. The van der Waals surface area contributed by atoms with Crippen molar-refractivity contribution >= 4 is 35.2 Å². The van der Waals surface area contributed by atoms with Crippen LogP contribution in [0.3, 0.4) is 0 Å². The lowest BCUT2D eigenvalue weighted by Crippen LogP contribution is -2.29. The van der Waals surface area contributed by atoms with Crippen molar-refractivity contribution in [3.63, 3.8) is 0 Å². The molecule has 9 heteroatoms. The Bertz CT molecular complexity index is 924. The van der Waals surface area contributed by atoms with Gasteiger partial charge in [-0.15, -0.1) is 11.8 Å². The Labute approximate surface area is 172 Å². The second-order valence-corrected chi connectivity index (χ2v) is 6.82. The molecule has 0 bridgehead atoms. The molecule has 0 aliphatic rings. The predicted octanol–water partition coefficient (Wildman–Crippen LogP) is 2.08. The maximum atomic E-state index is 12.1. The number of amides is 2. The number of benzene rings is 2. The van der Waals surface area contributed by atoms with Crippen molar-refractivity contribution in [3.05, 3.63) is 54.1 Å². The quantitative estimate of drug-likeness (QED) is 0.475. The molecular formula is C20H19N3O5S. The van der Waals surface area contributed by atoms with Gasteiger partial charge in [0.05, 0.1) is 23.1 Å². The van der Waals surface area contributed by atoms with Gasteiger partial charge in [0.15, 0.2) is 12.7 Å². The Hall–Kier alpha value is -3.51. The lowest BCUT2D eigenvalue weighted by Gasteiger charge is -2.14. The lowest BCUT2D eigenvalue weighted by atomic mass is 10.2. The molecule has 2 aromatic rings. The van der Waals surface area contributed by atoms with Crippen molar-refractivity contribution in [2.24, 2.45) is 5.73 Å². The van der Waals surface area contributed by atoms with Crippen molar-refractivity contribution < 1.29 is 23.9 Å². The number of nitrogens with two attached hydrogens (primary N) is 1. The van der Waals surface area contributed by atoms with Crippen molar-refractivity contribution in [1.29, 1.82) is 5.26 Å². The highest BCUT2D eigenvalue weighted by Crippen LogP contribution is 2.26. The number of rotatable bonds is 9. The number of nitriles is 1. The number of carbonyl (C=O) groups excluding carboxylic acids is 3. The third kappa shape index (κ3) is 7.20. The summed E-state index contributed by atoms with van der Waals surface area (Å²) in [6.45, 7) is 1.00. The van der Waals surface area contributed by atoms with E-state index < -0.39 is 30.5 Å². The maximum Gasteiger partial charge on any atom is 0.347 e. The van der Waals surface area contributed by atoms with E-state index in [4.69, 9.17) is 20.5 Å². The molecule has 0 aromatic heterocycles. The van der Waals surface area contributed by atoms with E-state index in [1.54, 1.807) is 48.5 Å². The third-order valence-corrected chi connectivity index (χ3v) is 4.60. The van der Waals surface area contributed by atoms with Gasteiger partial charge in [0, 0.05) is 4.90 Å².